The summed E-state index contributed by atoms with van der Waals surface area (Å²) in [5.41, 5.74) is 3.98. The van der Waals surface area contributed by atoms with Gasteiger partial charge in [0, 0.05) is 38.7 Å². The van der Waals surface area contributed by atoms with Crippen LogP contribution in [0.5, 0.6) is 5.75 Å². The van der Waals surface area contributed by atoms with Crippen molar-refractivity contribution in [2.75, 3.05) is 11.9 Å². The molecule has 2 aromatic carbocycles. The van der Waals surface area contributed by atoms with E-state index in [9.17, 15) is 4.79 Å². The lowest BCUT2D eigenvalue weighted by Gasteiger charge is -2.25. The lowest BCUT2D eigenvalue weighted by Crippen LogP contribution is -2.22. The van der Waals surface area contributed by atoms with Gasteiger partial charge in [-0.1, -0.05) is 54.6 Å². The predicted octanol–water partition coefficient (Wildman–Crippen LogP) is 6.11. The number of hydrogen-bond acceptors (Lipinski definition) is 3. The first-order valence-corrected chi connectivity index (χ1v) is 9.93. The van der Waals surface area contributed by atoms with E-state index in [2.05, 4.69) is 17.3 Å². The normalized spacial score (nSPS) is 15.7. The molecule has 4 rings (SSSR count). The van der Waals surface area contributed by atoms with Gasteiger partial charge in [-0.15, -0.1) is 11.3 Å². The van der Waals surface area contributed by atoms with Crippen molar-refractivity contribution >= 4 is 34.5 Å². The molecule has 5 heteroatoms. The maximum atomic E-state index is 12.5. The SMILES string of the molecule is C=CCOc1ccccc1C1CC(=O)Nc2c(-c3ccc(Cl)cc3)csc21. The second-order valence-electron chi connectivity index (χ2n) is 6.34. The summed E-state index contributed by atoms with van der Waals surface area (Å²) in [5, 5.41) is 5.86. The van der Waals surface area contributed by atoms with E-state index in [4.69, 9.17) is 16.3 Å². The molecule has 0 fully saturated rings. The highest BCUT2D eigenvalue weighted by atomic mass is 35.5. The van der Waals surface area contributed by atoms with Crippen molar-refractivity contribution in [1.29, 1.82) is 0 Å². The van der Waals surface area contributed by atoms with Crippen molar-refractivity contribution in [3.63, 3.8) is 0 Å². The van der Waals surface area contributed by atoms with Gasteiger partial charge in [-0.25, -0.2) is 0 Å². The predicted molar refractivity (Wildman–Crippen MR) is 112 cm³/mol. The Balaban J connectivity index is 1.78. The monoisotopic (exact) mass is 395 g/mol. The number of para-hydroxylation sites is 1. The average Bonchev–Trinajstić information content (AvgIpc) is 3.10. The molecule has 0 saturated carbocycles. The van der Waals surface area contributed by atoms with Crippen molar-refractivity contribution in [3.05, 3.63) is 82.0 Å². The molecule has 1 atom stereocenters. The van der Waals surface area contributed by atoms with Crippen molar-refractivity contribution in [2.45, 2.75) is 12.3 Å². The molecule has 2 heterocycles. The number of amides is 1. The number of ether oxygens (including phenoxy) is 1. The van der Waals surface area contributed by atoms with Gasteiger partial charge in [-0.2, -0.15) is 0 Å². The topological polar surface area (TPSA) is 38.3 Å². The van der Waals surface area contributed by atoms with E-state index in [1.165, 1.54) is 0 Å². The largest absolute Gasteiger partial charge is 0.489 e. The third-order valence-electron chi connectivity index (χ3n) is 4.60. The molecule has 1 unspecified atom stereocenters. The van der Waals surface area contributed by atoms with Gasteiger partial charge in [0.25, 0.3) is 0 Å². The number of hydrogen-bond donors (Lipinski definition) is 1. The summed E-state index contributed by atoms with van der Waals surface area (Å²) in [6, 6.07) is 15.6. The van der Waals surface area contributed by atoms with E-state index in [0.29, 0.717) is 18.1 Å². The molecule has 0 aliphatic carbocycles. The fourth-order valence-electron chi connectivity index (χ4n) is 3.37. The molecular formula is C22H18ClNO2S. The Labute approximate surface area is 167 Å². The number of rotatable bonds is 5. The standard InChI is InChI=1S/C22H18ClNO2S/c1-2-11-26-19-6-4-3-5-16(19)17-12-20(25)24-21-18(13-27-22(17)21)14-7-9-15(23)10-8-14/h2-10,13,17H,1,11-12H2,(H,24,25). The number of benzene rings is 2. The lowest BCUT2D eigenvalue weighted by molar-refractivity contribution is -0.116. The molecule has 1 aromatic heterocycles. The molecule has 1 aliphatic rings. The molecule has 3 nitrogen and oxygen atoms in total. The van der Waals surface area contributed by atoms with Crippen LogP contribution in [0.3, 0.4) is 0 Å². The Kier molecular flexibility index (Phi) is 5.01. The van der Waals surface area contributed by atoms with Crippen LogP contribution in [0.15, 0.2) is 66.6 Å². The van der Waals surface area contributed by atoms with Crippen LogP contribution >= 0.6 is 22.9 Å². The van der Waals surface area contributed by atoms with Gasteiger partial charge in [0.2, 0.25) is 5.91 Å². The molecule has 0 saturated heterocycles. The zero-order chi connectivity index (χ0) is 18.8. The highest BCUT2D eigenvalue weighted by Gasteiger charge is 2.32. The number of carbonyl (C=O) groups excluding carboxylic acids is 1. The first kappa shape index (κ1) is 17.8. The maximum absolute atomic E-state index is 12.5. The fourth-order valence-corrected chi connectivity index (χ4v) is 4.65. The minimum Gasteiger partial charge on any atom is -0.489 e. The van der Waals surface area contributed by atoms with Gasteiger partial charge in [0.05, 0.1) is 5.69 Å². The number of carbonyl (C=O) groups is 1. The quantitative estimate of drug-likeness (QED) is 0.529. The molecule has 136 valence electrons. The Morgan fingerprint density at radius 3 is 2.78 bits per heavy atom. The number of thiophene rings is 1. The molecular weight excluding hydrogens is 378 g/mol. The molecule has 1 aliphatic heterocycles. The molecule has 3 aromatic rings. The van der Waals surface area contributed by atoms with Crippen LogP contribution in [0.2, 0.25) is 5.02 Å². The molecule has 1 N–H and O–H groups in total. The third-order valence-corrected chi connectivity index (χ3v) is 5.94. The smallest absolute Gasteiger partial charge is 0.225 e. The van der Waals surface area contributed by atoms with E-state index in [1.807, 2.05) is 48.5 Å². The first-order valence-electron chi connectivity index (χ1n) is 8.67. The summed E-state index contributed by atoms with van der Waals surface area (Å²) >= 11 is 7.68. The highest BCUT2D eigenvalue weighted by Crippen LogP contribution is 2.48. The van der Waals surface area contributed by atoms with E-state index in [0.717, 1.165) is 33.0 Å². The van der Waals surface area contributed by atoms with Crippen LogP contribution in [0.25, 0.3) is 11.1 Å². The van der Waals surface area contributed by atoms with Crippen molar-refractivity contribution in [3.8, 4) is 16.9 Å². The van der Waals surface area contributed by atoms with Crippen LogP contribution in [-0.2, 0) is 4.79 Å². The number of anilines is 1. The van der Waals surface area contributed by atoms with E-state index in [1.54, 1.807) is 17.4 Å². The van der Waals surface area contributed by atoms with Gasteiger partial charge in [0.1, 0.15) is 12.4 Å². The maximum Gasteiger partial charge on any atom is 0.225 e. The summed E-state index contributed by atoms with van der Waals surface area (Å²) in [5.74, 6) is 0.782. The zero-order valence-electron chi connectivity index (χ0n) is 14.6. The lowest BCUT2D eigenvalue weighted by atomic mass is 9.88. The molecule has 0 bridgehead atoms. The Hall–Kier alpha value is -2.56. The van der Waals surface area contributed by atoms with Crippen LogP contribution in [0.1, 0.15) is 22.8 Å². The van der Waals surface area contributed by atoms with Gasteiger partial charge in [0.15, 0.2) is 0 Å². The summed E-state index contributed by atoms with van der Waals surface area (Å²) in [4.78, 5) is 13.6. The van der Waals surface area contributed by atoms with Gasteiger partial charge in [-0.05, 0) is 23.8 Å². The highest BCUT2D eigenvalue weighted by molar-refractivity contribution is 7.11. The van der Waals surface area contributed by atoms with Crippen molar-refractivity contribution in [2.24, 2.45) is 0 Å². The third kappa shape index (κ3) is 3.51. The summed E-state index contributed by atoms with van der Waals surface area (Å²) in [6.45, 7) is 4.15. The summed E-state index contributed by atoms with van der Waals surface area (Å²) in [7, 11) is 0. The van der Waals surface area contributed by atoms with Crippen LogP contribution in [-0.4, -0.2) is 12.5 Å². The van der Waals surface area contributed by atoms with Gasteiger partial charge < -0.3 is 10.1 Å². The first-order chi connectivity index (χ1) is 13.2. The van der Waals surface area contributed by atoms with Gasteiger partial charge in [-0.3, -0.25) is 4.79 Å². The van der Waals surface area contributed by atoms with E-state index < -0.39 is 0 Å². The second-order valence-corrected chi connectivity index (χ2v) is 7.69. The van der Waals surface area contributed by atoms with Crippen LogP contribution in [0, 0.1) is 0 Å². The van der Waals surface area contributed by atoms with Crippen LogP contribution in [0.4, 0.5) is 5.69 Å². The second kappa shape index (κ2) is 7.59. The Bertz CT molecular complexity index is 994. The average molecular weight is 396 g/mol. The fraction of sp³-hybridized carbons (Fsp3) is 0.136. The number of nitrogens with one attached hydrogen (secondary N) is 1. The molecule has 1 amide bonds. The summed E-state index contributed by atoms with van der Waals surface area (Å²) in [6.07, 6.45) is 2.13. The van der Waals surface area contributed by atoms with E-state index in [-0.39, 0.29) is 11.8 Å². The minimum absolute atomic E-state index is 0.0136. The summed E-state index contributed by atoms with van der Waals surface area (Å²) < 4.78 is 5.83. The molecule has 0 radical (unpaired) electrons. The van der Waals surface area contributed by atoms with E-state index >= 15 is 0 Å². The Morgan fingerprint density at radius 1 is 1.22 bits per heavy atom. The molecule has 0 spiro atoms. The number of halogens is 1. The van der Waals surface area contributed by atoms with Crippen molar-refractivity contribution in [1.82, 2.24) is 0 Å². The van der Waals surface area contributed by atoms with Crippen LogP contribution < -0.4 is 10.1 Å². The van der Waals surface area contributed by atoms with Crippen molar-refractivity contribution < 1.29 is 9.53 Å². The number of fused-ring (bicyclic) bond motifs is 1. The minimum atomic E-state index is -0.0270. The molecule has 27 heavy (non-hydrogen) atoms. The Morgan fingerprint density at radius 2 is 2.00 bits per heavy atom. The van der Waals surface area contributed by atoms with Gasteiger partial charge >= 0.3 is 0 Å². The zero-order valence-corrected chi connectivity index (χ0v) is 16.1.